The average molecular weight is 556 g/mol. The number of nitrogens with one attached hydrogen (secondary N) is 1. The lowest BCUT2D eigenvalue weighted by atomic mass is 9.71. The number of rotatable bonds is 9. The van der Waals surface area contributed by atoms with Crippen LogP contribution < -0.4 is 16.2 Å². The van der Waals surface area contributed by atoms with Gasteiger partial charge in [-0.3, -0.25) is 14.5 Å². The van der Waals surface area contributed by atoms with Crippen molar-refractivity contribution in [2.24, 2.45) is 10.6 Å². The zero-order valence-electron chi connectivity index (χ0n) is 19.7. The number of hydrogen-bond acceptors (Lipinski definition) is 12. The van der Waals surface area contributed by atoms with Crippen LogP contribution in [0.2, 0.25) is 0 Å². The monoisotopic (exact) mass is 555 g/mol. The first-order chi connectivity index (χ1) is 17.7. The molecule has 0 aliphatic carbocycles. The van der Waals surface area contributed by atoms with Crippen molar-refractivity contribution in [1.29, 1.82) is 0 Å². The number of thioether (sulfide) groups is 1. The molecule has 5 aliphatic rings. The fraction of sp³-hybridized carbons (Fsp3) is 0.619. The largest absolute Gasteiger partial charge is 0.543 e. The van der Waals surface area contributed by atoms with E-state index in [0.717, 1.165) is 54.9 Å². The van der Waals surface area contributed by atoms with E-state index in [1.165, 1.54) is 16.7 Å². The Morgan fingerprint density at radius 1 is 1.35 bits per heavy atom. The molecule has 2 amide bonds. The number of anilines is 1. The van der Waals surface area contributed by atoms with Crippen molar-refractivity contribution in [2.75, 3.05) is 51.1 Å². The molecule has 200 valence electrons. The van der Waals surface area contributed by atoms with E-state index >= 15 is 0 Å². The van der Waals surface area contributed by atoms with Crippen LogP contribution in [0.5, 0.6) is 0 Å². The molecule has 4 saturated heterocycles. The number of halogens is 1. The molecule has 0 spiro atoms. The molecule has 16 heteroatoms. The summed E-state index contributed by atoms with van der Waals surface area (Å²) in [6, 6.07) is -1.04. The number of nitrogens with two attached hydrogens (primary N) is 1. The molecule has 4 N–H and O–H groups in total. The predicted molar refractivity (Wildman–Crippen MR) is 128 cm³/mol. The fourth-order valence-corrected chi connectivity index (χ4v) is 7.39. The Labute approximate surface area is 219 Å². The second kappa shape index (κ2) is 9.81. The summed E-state index contributed by atoms with van der Waals surface area (Å²) in [7, 11) is 0. The van der Waals surface area contributed by atoms with Crippen molar-refractivity contribution in [2.45, 2.75) is 30.7 Å². The number of alkyl halides is 1. The minimum Gasteiger partial charge on any atom is -0.543 e. The summed E-state index contributed by atoms with van der Waals surface area (Å²) in [5.74, 6) is -2.74. The molecule has 1 aromatic heterocycles. The van der Waals surface area contributed by atoms with E-state index < -0.39 is 41.8 Å². The lowest BCUT2D eigenvalue weighted by molar-refractivity contribution is -0.941. The third-order valence-electron chi connectivity index (χ3n) is 7.81. The van der Waals surface area contributed by atoms with Gasteiger partial charge in [0.05, 0.1) is 31.3 Å². The van der Waals surface area contributed by atoms with Crippen LogP contribution in [0.1, 0.15) is 25.1 Å². The summed E-state index contributed by atoms with van der Waals surface area (Å²) >= 11 is 2.15. The van der Waals surface area contributed by atoms with Crippen molar-refractivity contribution in [3.05, 3.63) is 17.1 Å². The second-order valence-electron chi connectivity index (χ2n) is 9.81. The Morgan fingerprint density at radius 3 is 2.62 bits per heavy atom. The molecule has 0 unspecified atom stereocenters. The first-order valence-corrected chi connectivity index (χ1v) is 13.5. The number of amides is 2. The normalized spacial score (nSPS) is 31.1. The van der Waals surface area contributed by atoms with Crippen LogP contribution >= 0.6 is 23.3 Å². The summed E-state index contributed by atoms with van der Waals surface area (Å²) in [5, 5.41) is 27.3. The van der Waals surface area contributed by atoms with Gasteiger partial charge in [-0.15, -0.1) is 11.8 Å². The number of carbonyl (C=O) groups excluding carboxylic acids is 3. The van der Waals surface area contributed by atoms with Gasteiger partial charge in [0.1, 0.15) is 18.0 Å². The lowest BCUT2D eigenvalue weighted by Crippen LogP contribution is -2.72. The van der Waals surface area contributed by atoms with Crippen LogP contribution in [0.4, 0.5) is 9.52 Å². The van der Waals surface area contributed by atoms with E-state index in [-0.39, 0.29) is 28.7 Å². The number of carbonyl (C=O) groups is 3. The van der Waals surface area contributed by atoms with Gasteiger partial charge < -0.3 is 35.4 Å². The van der Waals surface area contributed by atoms with Crippen LogP contribution in [0.25, 0.3) is 0 Å². The molecule has 0 radical (unpaired) electrons. The molecule has 37 heavy (non-hydrogen) atoms. The van der Waals surface area contributed by atoms with Crippen molar-refractivity contribution in [3.63, 3.8) is 0 Å². The third kappa shape index (κ3) is 4.55. The van der Waals surface area contributed by atoms with Crippen LogP contribution in [-0.4, -0.2) is 104 Å². The van der Waals surface area contributed by atoms with Gasteiger partial charge in [-0.25, -0.2) is 4.39 Å². The highest BCUT2D eigenvalue weighted by Crippen LogP contribution is 2.46. The smallest absolute Gasteiger partial charge is 0.278 e. The van der Waals surface area contributed by atoms with Crippen molar-refractivity contribution >= 4 is 51.9 Å². The molecule has 2 bridgehead atoms. The Morgan fingerprint density at radius 2 is 2.05 bits per heavy atom. The Bertz CT molecular complexity index is 1170. The van der Waals surface area contributed by atoms with E-state index in [2.05, 4.69) is 24.7 Å². The molecule has 1 aromatic rings. The molecule has 6 rings (SSSR count). The molecule has 13 nitrogen and oxygen atoms in total. The number of aromatic nitrogens is 2. The van der Waals surface area contributed by atoms with Gasteiger partial charge in [-0.2, -0.15) is 9.36 Å². The highest BCUT2D eigenvalue weighted by Gasteiger charge is 2.55. The summed E-state index contributed by atoms with van der Waals surface area (Å²) in [6.07, 6.45) is 2.67. The van der Waals surface area contributed by atoms with Crippen molar-refractivity contribution in [1.82, 2.24) is 19.6 Å². The number of quaternary nitrogens is 1. The van der Waals surface area contributed by atoms with Gasteiger partial charge in [-0.1, -0.05) is 5.16 Å². The van der Waals surface area contributed by atoms with Gasteiger partial charge in [-0.05, 0) is 0 Å². The number of β-lactam (4-membered cyclic amide) rings is 1. The highest BCUT2D eigenvalue weighted by atomic mass is 32.2. The number of nitrogens with zero attached hydrogens (tertiary/aromatic N) is 5. The number of oxime groups is 1. The Hall–Kier alpha value is -2.82. The predicted octanol–water partition coefficient (Wildman–Crippen LogP) is -1.84. The van der Waals surface area contributed by atoms with E-state index in [1.807, 2.05) is 0 Å². The van der Waals surface area contributed by atoms with Crippen LogP contribution in [0.3, 0.4) is 0 Å². The number of hydrogen-bond donors (Lipinski definition) is 3. The van der Waals surface area contributed by atoms with Gasteiger partial charge in [0.2, 0.25) is 11.5 Å². The molecule has 4 fully saturated rings. The quantitative estimate of drug-likeness (QED) is 0.136. The molecule has 0 aromatic carbocycles. The zero-order valence-corrected chi connectivity index (χ0v) is 21.4. The maximum Gasteiger partial charge on any atom is 0.278 e. The number of carboxylic acid groups (broad SMARTS) is 1. The SMILES string of the molecule is Nc1nc(/C(=N/OCF)C(=O)N[C@@H]2C(=O)N3C(C(=O)[O-])=C(C[N+]45CCC(CO)(CC4)CC5)CS[C@H]23)ns1. The third-order valence-corrected chi connectivity index (χ3v) is 9.69. The van der Waals surface area contributed by atoms with Crippen molar-refractivity contribution in [3.8, 4) is 0 Å². The second-order valence-corrected chi connectivity index (χ2v) is 11.7. The zero-order chi connectivity index (χ0) is 26.4. The number of aliphatic carboxylic acids is 1. The summed E-state index contributed by atoms with van der Waals surface area (Å²) in [6.45, 7) is 1.93. The van der Waals surface area contributed by atoms with Gasteiger partial charge >= 0.3 is 0 Å². The van der Waals surface area contributed by atoms with Gasteiger partial charge in [0.15, 0.2) is 5.13 Å². The lowest BCUT2D eigenvalue weighted by Gasteiger charge is -2.56. The van der Waals surface area contributed by atoms with Crippen LogP contribution in [-0.2, 0) is 19.2 Å². The summed E-state index contributed by atoms with van der Waals surface area (Å²) in [5.41, 5.74) is 5.57. The minimum absolute atomic E-state index is 0.0198. The highest BCUT2D eigenvalue weighted by molar-refractivity contribution is 8.00. The van der Waals surface area contributed by atoms with E-state index in [0.29, 0.717) is 17.9 Å². The van der Waals surface area contributed by atoms with E-state index in [9.17, 15) is 29.0 Å². The topological polar surface area (TPSA) is 183 Å². The number of nitrogen functional groups attached to an aromatic ring is 1. The maximum absolute atomic E-state index is 13.1. The molecule has 2 atom stereocenters. The number of piperidine rings is 3. The summed E-state index contributed by atoms with van der Waals surface area (Å²) in [4.78, 5) is 47.5. The number of fused-ring (bicyclic) bond motifs is 4. The average Bonchev–Trinajstić information content (AvgIpc) is 3.33. The van der Waals surface area contributed by atoms with Crippen LogP contribution in [0.15, 0.2) is 16.4 Å². The van der Waals surface area contributed by atoms with Crippen molar-refractivity contribution < 1.29 is 38.3 Å². The molecule has 5 aliphatic heterocycles. The van der Waals surface area contributed by atoms with Crippen LogP contribution in [0, 0.1) is 5.41 Å². The standard InChI is InChI=1S/C21H26FN7O6S2/c22-10-35-26-12(15-25-20(23)37-27-15)16(31)24-13-17(32)28-14(19(33)34)11(8-36-18(13)28)7-29-4-1-21(9-30,2-5-29)3-6-29/h13,18,30H,1-10H2,(H3-,23,24,25,27,31,33,34)/b26-12-/t13-,18-,21?,29?/m1/s1. The first-order valence-electron chi connectivity index (χ1n) is 11.7. The Balaban J connectivity index is 1.32. The van der Waals surface area contributed by atoms with Gasteiger partial charge in [0, 0.05) is 54.1 Å². The first kappa shape index (κ1) is 25.8. The molecule has 0 saturated carbocycles. The minimum atomic E-state index is -1.43. The van der Waals surface area contributed by atoms with Gasteiger partial charge in [0.25, 0.3) is 18.7 Å². The van der Waals surface area contributed by atoms with E-state index in [1.54, 1.807) is 0 Å². The number of aliphatic hydroxyl groups is 1. The van der Waals surface area contributed by atoms with E-state index in [4.69, 9.17) is 5.73 Å². The Kier molecular flexibility index (Phi) is 6.84. The maximum atomic E-state index is 13.1. The fourth-order valence-electron chi connectivity index (χ4n) is 5.62. The number of carboxylic acids is 1. The molecular formula is C21H26FN7O6S2. The molecular weight excluding hydrogens is 529 g/mol. The molecule has 6 heterocycles. The number of aliphatic hydroxyl groups excluding tert-OH is 1. The summed E-state index contributed by atoms with van der Waals surface area (Å²) < 4.78 is 17.1.